The van der Waals surface area contributed by atoms with Crippen LogP contribution < -0.4 is 16.2 Å². The van der Waals surface area contributed by atoms with E-state index in [0.29, 0.717) is 28.4 Å². The van der Waals surface area contributed by atoms with Crippen molar-refractivity contribution in [2.45, 2.75) is 37.6 Å². The Morgan fingerprint density at radius 2 is 1.81 bits per heavy atom. The number of aromatic nitrogens is 3. The van der Waals surface area contributed by atoms with Crippen LogP contribution in [-0.4, -0.2) is 32.2 Å². The molecule has 166 valence electrons. The largest absolute Gasteiger partial charge is 0.325 e. The van der Waals surface area contributed by atoms with E-state index in [1.54, 1.807) is 56.3 Å². The lowest BCUT2D eigenvalue weighted by atomic mass is 10.1. The fourth-order valence-corrected chi connectivity index (χ4v) is 3.70. The van der Waals surface area contributed by atoms with Gasteiger partial charge in [-0.05, 0) is 37.6 Å². The molecule has 32 heavy (non-hydrogen) atoms. The number of thioether (sulfide) groups is 1. The van der Waals surface area contributed by atoms with Crippen LogP contribution in [0.25, 0.3) is 11.3 Å². The zero-order valence-corrected chi connectivity index (χ0v) is 19.3. The summed E-state index contributed by atoms with van der Waals surface area (Å²) in [4.78, 5) is 39.7. The van der Waals surface area contributed by atoms with Gasteiger partial charge in [-0.1, -0.05) is 54.6 Å². The third-order valence-electron chi connectivity index (χ3n) is 4.64. The predicted octanol–water partition coefficient (Wildman–Crippen LogP) is 4.26. The second-order valence-electron chi connectivity index (χ2n) is 6.92. The number of amides is 2. The number of rotatable bonds is 7. The first-order valence-electron chi connectivity index (χ1n) is 9.89. The van der Waals surface area contributed by atoms with Gasteiger partial charge in [0, 0.05) is 22.7 Å². The van der Waals surface area contributed by atoms with Crippen LogP contribution in [0.5, 0.6) is 0 Å². The van der Waals surface area contributed by atoms with Crippen molar-refractivity contribution in [1.82, 2.24) is 15.2 Å². The summed E-state index contributed by atoms with van der Waals surface area (Å²) in [6.07, 6.45) is 0.306. The second-order valence-corrected chi connectivity index (χ2v) is 8.65. The molecule has 1 atom stereocenters. The Morgan fingerprint density at radius 1 is 1.09 bits per heavy atom. The number of aromatic amines is 1. The number of halogens is 1. The van der Waals surface area contributed by atoms with E-state index in [4.69, 9.17) is 11.6 Å². The number of hydrogen-bond acceptors (Lipinski definition) is 6. The number of H-pyrrole nitrogens is 1. The Hall–Kier alpha value is -3.17. The van der Waals surface area contributed by atoms with Crippen molar-refractivity contribution in [1.29, 1.82) is 0 Å². The lowest BCUT2D eigenvalue weighted by Crippen LogP contribution is -2.24. The molecule has 0 aliphatic heterocycles. The van der Waals surface area contributed by atoms with Gasteiger partial charge in [0.1, 0.15) is 0 Å². The van der Waals surface area contributed by atoms with Crippen molar-refractivity contribution >= 4 is 46.6 Å². The van der Waals surface area contributed by atoms with Crippen molar-refractivity contribution < 1.29 is 9.59 Å². The summed E-state index contributed by atoms with van der Waals surface area (Å²) in [5, 5.41) is 13.9. The van der Waals surface area contributed by atoms with Crippen LogP contribution in [0.3, 0.4) is 0 Å². The van der Waals surface area contributed by atoms with Gasteiger partial charge in [-0.15, -0.1) is 10.2 Å². The molecule has 0 fully saturated rings. The number of carbonyl (C=O) groups excluding carboxylic acids is 2. The van der Waals surface area contributed by atoms with Gasteiger partial charge < -0.3 is 10.6 Å². The first-order valence-corrected chi connectivity index (χ1v) is 11.1. The molecule has 0 radical (unpaired) electrons. The number of benzene rings is 2. The minimum absolute atomic E-state index is 0.0769. The summed E-state index contributed by atoms with van der Waals surface area (Å²) >= 11 is 7.17. The van der Waals surface area contributed by atoms with Gasteiger partial charge in [0.05, 0.1) is 10.9 Å². The van der Waals surface area contributed by atoms with E-state index in [0.717, 1.165) is 17.3 Å². The van der Waals surface area contributed by atoms with Crippen molar-refractivity contribution in [2.24, 2.45) is 0 Å². The molecule has 0 saturated heterocycles. The van der Waals surface area contributed by atoms with Crippen LogP contribution in [0.15, 0.2) is 52.4 Å². The molecule has 2 aromatic carbocycles. The molecule has 0 spiro atoms. The van der Waals surface area contributed by atoms with E-state index < -0.39 is 10.8 Å². The molecular weight excluding hydrogens is 450 g/mol. The first kappa shape index (κ1) is 23.5. The van der Waals surface area contributed by atoms with Crippen molar-refractivity contribution in [3.63, 3.8) is 0 Å². The van der Waals surface area contributed by atoms with E-state index in [1.165, 1.54) is 0 Å². The number of nitrogens with one attached hydrogen (secondary N) is 3. The molecule has 0 aliphatic carbocycles. The van der Waals surface area contributed by atoms with Crippen molar-refractivity contribution in [3.8, 4) is 11.3 Å². The normalized spacial score (nSPS) is 11.6. The van der Waals surface area contributed by atoms with Gasteiger partial charge in [-0.3, -0.25) is 19.4 Å². The van der Waals surface area contributed by atoms with E-state index in [-0.39, 0.29) is 22.7 Å². The van der Waals surface area contributed by atoms with Crippen LogP contribution in [0.1, 0.15) is 25.8 Å². The highest BCUT2D eigenvalue weighted by Crippen LogP contribution is 2.26. The Kier molecular flexibility index (Phi) is 7.66. The second kappa shape index (κ2) is 10.4. The molecular formula is C22H22ClN5O3S. The smallest absolute Gasteiger partial charge is 0.278 e. The summed E-state index contributed by atoms with van der Waals surface area (Å²) in [6, 6.07) is 12.1. The molecule has 0 bridgehead atoms. The summed E-state index contributed by atoms with van der Waals surface area (Å²) in [7, 11) is 0. The molecule has 2 amide bonds. The van der Waals surface area contributed by atoms with Crippen LogP contribution in [0, 0.1) is 6.92 Å². The number of nitrogens with zero attached hydrogens (tertiary/aromatic N) is 2. The highest BCUT2D eigenvalue weighted by Gasteiger charge is 2.19. The summed E-state index contributed by atoms with van der Waals surface area (Å²) in [5.41, 5.74) is 1.93. The number of anilines is 2. The van der Waals surface area contributed by atoms with Gasteiger partial charge in [-0.2, -0.15) is 0 Å². The monoisotopic (exact) mass is 471 g/mol. The molecule has 1 aromatic heterocycles. The standard InChI is InChI=1S/C22H22ClN5O3S/c1-4-18(29)24-17-10-6-5-8-14(17)19-21(31)26-22(28-27-19)32-13(3)20(30)25-16-11-7-9-15(23)12(16)2/h5-11,13H,4H2,1-3H3,(H,24,29)(H,25,30)(H,26,28,31)/t13-/m0/s1. The summed E-state index contributed by atoms with van der Waals surface area (Å²) in [5.74, 6) is -0.441. The number of hydrogen-bond donors (Lipinski definition) is 3. The molecule has 1 heterocycles. The third-order valence-corrected chi connectivity index (χ3v) is 6.02. The van der Waals surface area contributed by atoms with E-state index >= 15 is 0 Å². The van der Waals surface area contributed by atoms with Gasteiger partial charge in [0.25, 0.3) is 5.56 Å². The number of para-hydroxylation sites is 1. The Labute approximate surface area is 194 Å². The zero-order valence-electron chi connectivity index (χ0n) is 17.7. The van der Waals surface area contributed by atoms with Crippen molar-refractivity contribution in [3.05, 3.63) is 63.4 Å². The highest BCUT2D eigenvalue weighted by atomic mass is 35.5. The van der Waals surface area contributed by atoms with Crippen LogP contribution >= 0.6 is 23.4 Å². The van der Waals surface area contributed by atoms with Gasteiger partial charge in [0.2, 0.25) is 11.8 Å². The maximum absolute atomic E-state index is 12.7. The zero-order chi connectivity index (χ0) is 23.3. The molecule has 10 heteroatoms. The van der Waals surface area contributed by atoms with Crippen LogP contribution in [0.4, 0.5) is 11.4 Å². The summed E-state index contributed by atoms with van der Waals surface area (Å²) < 4.78 is 0. The maximum Gasteiger partial charge on any atom is 0.278 e. The van der Waals surface area contributed by atoms with Crippen LogP contribution in [-0.2, 0) is 9.59 Å². The quantitative estimate of drug-likeness (QED) is 0.443. The average Bonchev–Trinajstić information content (AvgIpc) is 2.77. The molecule has 8 nitrogen and oxygen atoms in total. The molecule has 0 aliphatic rings. The lowest BCUT2D eigenvalue weighted by molar-refractivity contribution is -0.116. The first-order chi connectivity index (χ1) is 15.3. The summed E-state index contributed by atoms with van der Waals surface area (Å²) in [6.45, 7) is 5.25. The SMILES string of the molecule is CCC(=O)Nc1ccccc1-c1nnc(S[C@@H](C)C(=O)Nc2cccc(Cl)c2C)[nH]c1=O. The average molecular weight is 472 g/mol. The highest BCUT2D eigenvalue weighted by molar-refractivity contribution is 8.00. The van der Waals surface area contributed by atoms with Gasteiger partial charge in [0.15, 0.2) is 10.9 Å². The molecule has 0 saturated carbocycles. The minimum atomic E-state index is -0.555. The Bertz CT molecular complexity index is 1210. The number of carbonyl (C=O) groups is 2. The molecule has 3 aromatic rings. The fourth-order valence-electron chi connectivity index (χ4n) is 2.79. The Balaban J connectivity index is 1.76. The van der Waals surface area contributed by atoms with E-state index in [2.05, 4.69) is 25.8 Å². The molecule has 3 N–H and O–H groups in total. The van der Waals surface area contributed by atoms with E-state index in [1.807, 2.05) is 6.92 Å². The molecule has 0 unspecified atom stereocenters. The fraction of sp³-hybridized carbons (Fsp3) is 0.227. The Morgan fingerprint density at radius 3 is 2.53 bits per heavy atom. The van der Waals surface area contributed by atoms with Crippen molar-refractivity contribution in [2.75, 3.05) is 10.6 Å². The molecule has 3 rings (SSSR count). The van der Waals surface area contributed by atoms with Gasteiger partial charge >= 0.3 is 0 Å². The van der Waals surface area contributed by atoms with Crippen LogP contribution in [0.2, 0.25) is 5.02 Å². The topological polar surface area (TPSA) is 117 Å². The third kappa shape index (κ3) is 5.54. The lowest BCUT2D eigenvalue weighted by Gasteiger charge is -2.13. The minimum Gasteiger partial charge on any atom is -0.325 e. The predicted molar refractivity (Wildman–Crippen MR) is 127 cm³/mol. The maximum atomic E-state index is 12.7. The van der Waals surface area contributed by atoms with Gasteiger partial charge in [-0.25, -0.2) is 0 Å². The van der Waals surface area contributed by atoms with E-state index in [9.17, 15) is 14.4 Å².